The van der Waals surface area contributed by atoms with Crippen LogP contribution in [-0.4, -0.2) is 40.7 Å². The lowest BCUT2D eigenvalue weighted by Crippen LogP contribution is -2.55. The van der Waals surface area contributed by atoms with Crippen LogP contribution in [0, 0.1) is 0 Å². The Morgan fingerprint density at radius 3 is 1.70 bits per heavy atom. The molecule has 0 aliphatic heterocycles. The summed E-state index contributed by atoms with van der Waals surface area (Å²) in [6.45, 7) is 6.95. The summed E-state index contributed by atoms with van der Waals surface area (Å²) >= 11 is 0. The molecule has 33 heavy (non-hydrogen) atoms. The van der Waals surface area contributed by atoms with Gasteiger partial charge in [-0.15, -0.1) is 0 Å². The van der Waals surface area contributed by atoms with Gasteiger partial charge in [0.05, 0.1) is 18.8 Å². The van der Waals surface area contributed by atoms with Crippen molar-refractivity contribution in [2.24, 2.45) is 0 Å². The summed E-state index contributed by atoms with van der Waals surface area (Å²) in [4.78, 5) is 12.1. The normalized spacial score (nSPS) is 12.1. The Hall–Kier alpha value is -1.59. The molecule has 0 saturated heterocycles. The maximum absolute atomic E-state index is 12.1. The number of rotatable bonds is 17. The number of nitrogens with one attached hydrogen (secondary N) is 1. The van der Waals surface area contributed by atoms with Crippen molar-refractivity contribution in [3.63, 3.8) is 0 Å². The topological polar surface area (TPSA) is 78.8 Å². The van der Waals surface area contributed by atoms with Crippen LogP contribution in [0.25, 0.3) is 0 Å². The fourth-order valence-corrected chi connectivity index (χ4v) is 4.01. The first-order chi connectivity index (χ1) is 15.7. The second-order valence-electron chi connectivity index (χ2n) is 10.5. The van der Waals surface area contributed by atoms with Gasteiger partial charge >= 0.3 is 6.09 Å². The maximum Gasteiger partial charge on any atom is 0.408 e. The molecule has 0 unspecified atom stereocenters. The molecule has 190 valence electrons. The number of aryl methyl sites for hydroxylation is 2. The number of ether oxygens (including phenoxy) is 1. The molecule has 3 N–H and O–H groups in total. The molecule has 5 nitrogen and oxygen atoms in total. The number of hydrogen-bond acceptors (Lipinski definition) is 4. The first-order valence-corrected chi connectivity index (χ1v) is 13.0. The molecule has 1 rings (SSSR count). The van der Waals surface area contributed by atoms with E-state index >= 15 is 0 Å². The van der Waals surface area contributed by atoms with Crippen molar-refractivity contribution in [3.05, 3.63) is 35.4 Å². The van der Waals surface area contributed by atoms with E-state index < -0.39 is 17.2 Å². The molecule has 0 heterocycles. The monoisotopic (exact) mass is 463 g/mol. The molecule has 0 aliphatic carbocycles. The average molecular weight is 464 g/mol. The number of alkyl carbamates (subject to hydrolysis) is 1. The van der Waals surface area contributed by atoms with Gasteiger partial charge in [0.2, 0.25) is 0 Å². The highest BCUT2D eigenvalue weighted by Gasteiger charge is 2.32. The zero-order chi connectivity index (χ0) is 24.6. The smallest absolute Gasteiger partial charge is 0.408 e. The fourth-order valence-electron chi connectivity index (χ4n) is 4.01. The summed E-state index contributed by atoms with van der Waals surface area (Å²) in [7, 11) is 0. The van der Waals surface area contributed by atoms with Crippen LogP contribution >= 0.6 is 0 Å². The molecule has 0 fully saturated rings. The van der Waals surface area contributed by atoms with Crippen molar-refractivity contribution in [1.82, 2.24) is 5.32 Å². The minimum Gasteiger partial charge on any atom is -0.444 e. The SMILES string of the molecule is CCCCCCCCCCCc1ccc(CCCC(CO)(CO)NC(=O)OC(C)(C)C)cc1. The number of carbonyl (C=O) groups is 1. The van der Waals surface area contributed by atoms with Gasteiger partial charge in [-0.2, -0.15) is 0 Å². The van der Waals surface area contributed by atoms with E-state index in [-0.39, 0.29) is 13.2 Å². The highest BCUT2D eigenvalue weighted by atomic mass is 16.6. The highest BCUT2D eigenvalue weighted by Crippen LogP contribution is 2.18. The van der Waals surface area contributed by atoms with Gasteiger partial charge in [-0.05, 0) is 64.0 Å². The predicted octanol–water partition coefficient (Wildman–Crippen LogP) is 6.33. The number of aliphatic hydroxyl groups excluding tert-OH is 2. The van der Waals surface area contributed by atoms with Crippen LogP contribution in [0.4, 0.5) is 4.79 Å². The lowest BCUT2D eigenvalue weighted by molar-refractivity contribution is 0.0271. The zero-order valence-electron chi connectivity index (χ0n) is 21.6. The largest absolute Gasteiger partial charge is 0.444 e. The quantitative estimate of drug-likeness (QED) is 0.236. The Morgan fingerprint density at radius 2 is 1.24 bits per heavy atom. The Balaban J connectivity index is 2.32. The molecule has 0 aromatic heterocycles. The molecule has 0 spiro atoms. The third-order valence-corrected chi connectivity index (χ3v) is 6.08. The van der Waals surface area contributed by atoms with Crippen LogP contribution in [0.5, 0.6) is 0 Å². The van der Waals surface area contributed by atoms with E-state index in [1.165, 1.54) is 68.9 Å². The van der Waals surface area contributed by atoms with Crippen LogP contribution < -0.4 is 5.32 Å². The van der Waals surface area contributed by atoms with Gasteiger partial charge in [0.15, 0.2) is 0 Å². The van der Waals surface area contributed by atoms with E-state index in [0.717, 1.165) is 19.3 Å². The van der Waals surface area contributed by atoms with Crippen molar-refractivity contribution in [2.45, 2.75) is 122 Å². The van der Waals surface area contributed by atoms with E-state index in [0.29, 0.717) is 6.42 Å². The Bertz CT molecular complexity index is 632. The molecule has 1 amide bonds. The van der Waals surface area contributed by atoms with Crippen molar-refractivity contribution in [2.75, 3.05) is 13.2 Å². The van der Waals surface area contributed by atoms with Crippen LogP contribution in [0.15, 0.2) is 24.3 Å². The highest BCUT2D eigenvalue weighted by molar-refractivity contribution is 5.68. The molecule has 1 aromatic carbocycles. The lowest BCUT2D eigenvalue weighted by atomic mass is 9.92. The van der Waals surface area contributed by atoms with E-state index in [2.05, 4.69) is 36.5 Å². The molecule has 5 heteroatoms. The van der Waals surface area contributed by atoms with E-state index in [1.54, 1.807) is 20.8 Å². The van der Waals surface area contributed by atoms with Crippen LogP contribution in [-0.2, 0) is 17.6 Å². The molecule has 0 aliphatic rings. The van der Waals surface area contributed by atoms with E-state index in [4.69, 9.17) is 4.74 Å². The van der Waals surface area contributed by atoms with Gasteiger partial charge in [0.25, 0.3) is 0 Å². The Labute approximate surface area is 202 Å². The van der Waals surface area contributed by atoms with E-state index in [9.17, 15) is 15.0 Å². The molecular formula is C28H49NO4. The molecular weight excluding hydrogens is 414 g/mol. The number of amides is 1. The zero-order valence-corrected chi connectivity index (χ0v) is 21.6. The first-order valence-electron chi connectivity index (χ1n) is 13.0. The van der Waals surface area contributed by atoms with E-state index in [1.807, 2.05) is 0 Å². The maximum atomic E-state index is 12.1. The van der Waals surface area contributed by atoms with Crippen molar-refractivity contribution >= 4 is 6.09 Å². The Kier molecular flexibility index (Phi) is 14.4. The van der Waals surface area contributed by atoms with Crippen molar-refractivity contribution in [3.8, 4) is 0 Å². The second-order valence-corrected chi connectivity index (χ2v) is 10.5. The number of unbranched alkanes of at least 4 members (excludes halogenated alkanes) is 8. The molecule has 1 aromatic rings. The van der Waals surface area contributed by atoms with Gasteiger partial charge in [-0.25, -0.2) is 4.79 Å². The lowest BCUT2D eigenvalue weighted by Gasteiger charge is -2.32. The van der Waals surface area contributed by atoms with Gasteiger partial charge < -0.3 is 20.3 Å². The minimum absolute atomic E-state index is 0.333. The second kappa shape index (κ2) is 16.1. The van der Waals surface area contributed by atoms with Crippen molar-refractivity contribution < 1.29 is 19.7 Å². The Morgan fingerprint density at radius 1 is 0.788 bits per heavy atom. The van der Waals surface area contributed by atoms with Crippen LogP contribution in [0.2, 0.25) is 0 Å². The summed E-state index contributed by atoms with van der Waals surface area (Å²) in [5.74, 6) is 0. The predicted molar refractivity (Wildman–Crippen MR) is 137 cm³/mol. The number of carbonyl (C=O) groups excluding carboxylic acids is 1. The number of benzene rings is 1. The van der Waals surface area contributed by atoms with Gasteiger partial charge in [-0.3, -0.25) is 0 Å². The summed E-state index contributed by atoms with van der Waals surface area (Å²) in [5.41, 5.74) is 0.913. The minimum atomic E-state index is -1.07. The summed E-state index contributed by atoms with van der Waals surface area (Å²) < 4.78 is 5.28. The summed E-state index contributed by atoms with van der Waals surface area (Å²) in [5, 5.41) is 22.3. The summed E-state index contributed by atoms with van der Waals surface area (Å²) in [6, 6.07) is 8.77. The molecule has 0 atom stereocenters. The third kappa shape index (κ3) is 13.6. The van der Waals surface area contributed by atoms with Gasteiger partial charge in [0, 0.05) is 0 Å². The molecule has 0 saturated carbocycles. The average Bonchev–Trinajstić information content (AvgIpc) is 2.77. The van der Waals surface area contributed by atoms with Gasteiger partial charge in [-0.1, -0.05) is 82.6 Å². The van der Waals surface area contributed by atoms with Gasteiger partial charge in [0.1, 0.15) is 5.60 Å². The fraction of sp³-hybridized carbons (Fsp3) is 0.750. The first kappa shape index (κ1) is 29.4. The molecule has 0 radical (unpaired) electrons. The number of aliphatic hydroxyl groups is 2. The van der Waals surface area contributed by atoms with Crippen molar-refractivity contribution in [1.29, 1.82) is 0 Å². The number of hydrogen-bond donors (Lipinski definition) is 3. The van der Waals surface area contributed by atoms with Crippen LogP contribution in [0.3, 0.4) is 0 Å². The summed E-state index contributed by atoms with van der Waals surface area (Å²) in [6.07, 6.45) is 14.7. The van der Waals surface area contributed by atoms with Crippen LogP contribution in [0.1, 0.15) is 109 Å². The standard InChI is InChI=1S/C28H49NO4/c1-5-6-7-8-9-10-11-12-13-15-24-17-19-25(20-18-24)16-14-21-28(22-30,23-31)29-26(32)33-27(2,3)4/h17-20,30-31H,5-16,21-23H2,1-4H3,(H,29,32). The third-order valence-electron chi connectivity index (χ3n) is 6.08. The molecule has 0 bridgehead atoms.